The van der Waals surface area contributed by atoms with E-state index >= 15 is 0 Å². The lowest BCUT2D eigenvalue weighted by molar-refractivity contribution is 0.0389. The van der Waals surface area contributed by atoms with E-state index in [2.05, 4.69) is 25.7 Å². The van der Waals surface area contributed by atoms with Gasteiger partial charge in [-0.05, 0) is 18.3 Å². The first-order valence-corrected chi connectivity index (χ1v) is 7.02. The van der Waals surface area contributed by atoms with Crippen molar-refractivity contribution in [2.75, 3.05) is 39.4 Å². The third-order valence-electron chi connectivity index (χ3n) is 2.88. The SMILES string of the molecule is S=C(NCCN1CCOCC1)N/N=C\c1cccnc1. The molecule has 0 saturated carbocycles. The van der Waals surface area contributed by atoms with Gasteiger partial charge in [0.1, 0.15) is 0 Å². The minimum absolute atomic E-state index is 0.526. The number of ether oxygens (including phenoxy) is 1. The van der Waals surface area contributed by atoms with Gasteiger partial charge >= 0.3 is 0 Å². The highest BCUT2D eigenvalue weighted by Gasteiger charge is 2.09. The second-order valence-corrected chi connectivity index (χ2v) is 4.77. The Hall–Kier alpha value is -1.57. The van der Waals surface area contributed by atoms with Crippen LogP contribution in [0, 0.1) is 0 Å². The van der Waals surface area contributed by atoms with E-state index in [0.29, 0.717) is 5.11 Å². The second kappa shape index (κ2) is 8.57. The topological polar surface area (TPSA) is 61.8 Å². The fourth-order valence-corrected chi connectivity index (χ4v) is 1.96. The molecule has 108 valence electrons. The minimum Gasteiger partial charge on any atom is -0.379 e. The maximum absolute atomic E-state index is 5.30. The summed E-state index contributed by atoms with van der Waals surface area (Å²) in [6.07, 6.45) is 5.14. The number of nitrogens with one attached hydrogen (secondary N) is 2. The van der Waals surface area contributed by atoms with Crippen molar-refractivity contribution in [2.45, 2.75) is 0 Å². The van der Waals surface area contributed by atoms with Crippen LogP contribution in [-0.4, -0.2) is 60.6 Å². The Morgan fingerprint density at radius 2 is 2.35 bits per heavy atom. The van der Waals surface area contributed by atoms with Crippen LogP contribution in [0.5, 0.6) is 0 Å². The van der Waals surface area contributed by atoms with Gasteiger partial charge in [-0.15, -0.1) is 0 Å². The zero-order chi connectivity index (χ0) is 14.0. The Morgan fingerprint density at radius 1 is 1.50 bits per heavy atom. The maximum Gasteiger partial charge on any atom is 0.187 e. The summed E-state index contributed by atoms with van der Waals surface area (Å²) >= 11 is 5.14. The molecule has 2 heterocycles. The van der Waals surface area contributed by atoms with Gasteiger partial charge in [-0.2, -0.15) is 5.10 Å². The average molecular weight is 293 g/mol. The third-order valence-corrected chi connectivity index (χ3v) is 3.12. The van der Waals surface area contributed by atoms with Gasteiger partial charge < -0.3 is 10.1 Å². The Morgan fingerprint density at radius 3 is 3.10 bits per heavy atom. The second-order valence-electron chi connectivity index (χ2n) is 4.37. The molecule has 7 heteroatoms. The molecular formula is C13H19N5OS. The van der Waals surface area contributed by atoms with Crippen molar-refractivity contribution in [2.24, 2.45) is 5.10 Å². The van der Waals surface area contributed by atoms with Crippen LogP contribution in [0.15, 0.2) is 29.6 Å². The fraction of sp³-hybridized carbons (Fsp3) is 0.462. The van der Waals surface area contributed by atoms with E-state index in [1.165, 1.54) is 0 Å². The van der Waals surface area contributed by atoms with Crippen molar-refractivity contribution < 1.29 is 4.74 Å². The summed E-state index contributed by atoms with van der Waals surface area (Å²) in [7, 11) is 0. The summed E-state index contributed by atoms with van der Waals surface area (Å²) in [5.74, 6) is 0. The third kappa shape index (κ3) is 5.60. The molecule has 1 fully saturated rings. The number of hydrogen-bond donors (Lipinski definition) is 2. The number of aromatic nitrogens is 1. The molecule has 1 aromatic heterocycles. The smallest absolute Gasteiger partial charge is 0.187 e. The molecule has 20 heavy (non-hydrogen) atoms. The van der Waals surface area contributed by atoms with Crippen LogP contribution in [0.1, 0.15) is 5.56 Å². The van der Waals surface area contributed by atoms with Crippen LogP contribution in [-0.2, 0) is 4.74 Å². The number of rotatable bonds is 5. The van der Waals surface area contributed by atoms with Gasteiger partial charge in [0.05, 0.1) is 19.4 Å². The van der Waals surface area contributed by atoms with Crippen molar-refractivity contribution >= 4 is 23.5 Å². The molecule has 1 aliphatic rings. The van der Waals surface area contributed by atoms with Crippen molar-refractivity contribution in [1.82, 2.24) is 20.6 Å². The number of hydrogen-bond acceptors (Lipinski definition) is 5. The molecule has 0 spiro atoms. The quantitative estimate of drug-likeness (QED) is 0.460. The van der Waals surface area contributed by atoms with E-state index in [0.717, 1.165) is 45.0 Å². The molecule has 2 rings (SSSR count). The molecule has 0 unspecified atom stereocenters. The lowest BCUT2D eigenvalue weighted by Crippen LogP contribution is -2.42. The molecule has 1 aliphatic heterocycles. The largest absolute Gasteiger partial charge is 0.379 e. The summed E-state index contributed by atoms with van der Waals surface area (Å²) in [4.78, 5) is 6.35. The number of thiocarbonyl (C=S) groups is 1. The maximum atomic E-state index is 5.30. The van der Waals surface area contributed by atoms with Gasteiger partial charge in [0.25, 0.3) is 0 Å². The summed E-state index contributed by atoms with van der Waals surface area (Å²) in [5.41, 5.74) is 3.71. The highest BCUT2D eigenvalue weighted by Crippen LogP contribution is 1.94. The van der Waals surface area contributed by atoms with Crippen LogP contribution >= 0.6 is 12.2 Å². The van der Waals surface area contributed by atoms with Gasteiger partial charge in [0.15, 0.2) is 5.11 Å². The van der Waals surface area contributed by atoms with Gasteiger partial charge in [-0.3, -0.25) is 15.3 Å². The molecule has 1 saturated heterocycles. The first-order chi connectivity index (χ1) is 9.84. The van der Waals surface area contributed by atoms with E-state index in [1.807, 2.05) is 12.1 Å². The number of morpholine rings is 1. The molecule has 2 N–H and O–H groups in total. The Balaban J connectivity index is 1.59. The van der Waals surface area contributed by atoms with Crippen molar-refractivity contribution in [3.05, 3.63) is 30.1 Å². The monoisotopic (exact) mass is 293 g/mol. The van der Waals surface area contributed by atoms with Gasteiger partial charge in [0, 0.05) is 44.1 Å². The molecule has 0 aliphatic carbocycles. The first-order valence-electron chi connectivity index (χ1n) is 6.61. The molecule has 0 atom stereocenters. The van der Waals surface area contributed by atoms with Crippen LogP contribution in [0.2, 0.25) is 0 Å². The van der Waals surface area contributed by atoms with Gasteiger partial charge in [0.2, 0.25) is 0 Å². The molecular weight excluding hydrogens is 274 g/mol. The summed E-state index contributed by atoms with van der Waals surface area (Å²) in [5, 5.41) is 7.71. The zero-order valence-electron chi connectivity index (χ0n) is 11.3. The number of nitrogens with zero attached hydrogens (tertiary/aromatic N) is 3. The van der Waals surface area contributed by atoms with E-state index < -0.39 is 0 Å². The predicted octanol–water partition coefficient (Wildman–Crippen LogP) is 0.212. The van der Waals surface area contributed by atoms with Crippen molar-refractivity contribution in [1.29, 1.82) is 0 Å². The molecule has 0 aromatic carbocycles. The van der Waals surface area contributed by atoms with E-state index in [-0.39, 0.29) is 0 Å². The highest BCUT2D eigenvalue weighted by atomic mass is 32.1. The number of hydrazone groups is 1. The van der Waals surface area contributed by atoms with Crippen LogP contribution in [0.3, 0.4) is 0 Å². The predicted molar refractivity (Wildman–Crippen MR) is 82.8 cm³/mol. The fourth-order valence-electron chi connectivity index (χ4n) is 1.81. The molecule has 1 aromatic rings. The Bertz CT molecular complexity index is 434. The van der Waals surface area contributed by atoms with E-state index in [9.17, 15) is 0 Å². The summed E-state index contributed by atoms with van der Waals surface area (Å²) in [6.45, 7) is 5.37. The van der Waals surface area contributed by atoms with Crippen molar-refractivity contribution in [3.63, 3.8) is 0 Å². The minimum atomic E-state index is 0.526. The summed E-state index contributed by atoms with van der Waals surface area (Å²) < 4.78 is 5.30. The lowest BCUT2D eigenvalue weighted by atomic mass is 10.3. The molecule has 0 bridgehead atoms. The average Bonchev–Trinajstić information content (AvgIpc) is 2.49. The lowest BCUT2D eigenvalue weighted by Gasteiger charge is -2.26. The van der Waals surface area contributed by atoms with Gasteiger partial charge in [-0.25, -0.2) is 0 Å². The van der Waals surface area contributed by atoms with Crippen molar-refractivity contribution in [3.8, 4) is 0 Å². The number of pyridine rings is 1. The molecule has 6 nitrogen and oxygen atoms in total. The van der Waals surface area contributed by atoms with Gasteiger partial charge in [-0.1, -0.05) is 6.07 Å². The van der Waals surface area contributed by atoms with E-state index in [1.54, 1.807) is 18.6 Å². The normalized spacial score (nSPS) is 16.2. The Kier molecular flexibility index (Phi) is 6.36. The van der Waals surface area contributed by atoms with E-state index in [4.69, 9.17) is 17.0 Å². The molecule has 0 amide bonds. The molecule has 0 radical (unpaired) electrons. The summed E-state index contributed by atoms with van der Waals surface area (Å²) in [6, 6.07) is 3.79. The van der Waals surface area contributed by atoms with Crippen LogP contribution < -0.4 is 10.7 Å². The Labute approximate surface area is 124 Å². The zero-order valence-corrected chi connectivity index (χ0v) is 12.1. The first kappa shape index (κ1) is 14.8. The van der Waals surface area contributed by atoms with Crippen LogP contribution in [0.4, 0.5) is 0 Å². The highest BCUT2D eigenvalue weighted by molar-refractivity contribution is 7.80. The van der Waals surface area contributed by atoms with Crippen LogP contribution in [0.25, 0.3) is 0 Å². The standard InChI is InChI=1S/C13H19N5OS/c20-13(15-4-5-18-6-8-19-9-7-18)17-16-11-12-2-1-3-14-10-12/h1-3,10-11H,4-9H2,(H2,15,17,20)/b16-11-.